The lowest BCUT2D eigenvalue weighted by atomic mass is 9.93. The van der Waals surface area contributed by atoms with Gasteiger partial charge in [-0.15, -0.1) is 0 Å². The molecule has 0 radical (unpaired) electrons. The standard InChI is InChI=1S/C35H42N2O3.C9H20.C7H17N/c1-8-23(4)17-18-37(10-3)34-32(38)21-30(22-33(34)39)36-35(40)29-15-13-27(14-16-29)19-28-12-11-25(6)31(20-28)26(7)24(5)9-2;1-4-6-7-8-9(3)5-2;1-4-6-8(3)7-5-2/h10-18,20-23,38-39H,3,8-9,19H2,1-2,4-7H3,(H,36,40);9H,4-8H2,1-3H3;4-7H2,1-3H3/b18-17-,26-24-;;. The number of hydrogen-bond donors (Lipinski definition) is 3. The van der Waals surface area contributed by atoms with Crippen molar-refractivity contribution >= 4 is 22.9 Å². The van der Waals surface area contributed by atoms with E-state index in [1.54, 1.807) is 23.2 Å². The Kier molecular flexibility index (Phi) is 25.1. The summed E-state index contributed by atoms with van der Waals surface area (Å²) in [5, 5.41) is 24.0. The van der Waals surface area contributed by atoms with E-state index in [1.807, 2.05) is 18.2 Å². The van der Waals surface area contributed by atoms with Crippen LogP contribution in [0.15, 0.2) is 85.2 Å². The summed E-state index contributed by atoms with van der Waals surface area (Å²) in [7, 11) is 2.17. The lowest BCUT2D eigenvalue weighted by Crippen LogP contribution is -2.19. The second-order valence-electron chi connectivity index (χ2n) is 15.7. The molecule has 0 spiro atoms. The number of phenols is 2. The maximum absolute atomic E-state index is 12.9. The highest BCUT2D eigenvalue weighted by molar-refractivity contribution is 6.04. The minimum absolute atomic E-state index is 0.170. The zero-order valence-corrected chi connectivity index (χ0v) is 38.0. The zero-order valence-electron chi connectivity index (χ0n) is 38.0. The smallest absolute Gasteiger partial charge is 0.255 e. The van der Waals surface area contributed by atoms with Crippen molar-refractivity contribution in [2.45, 2.75) is 140 Å². The maximum Gasteiger partial charge on any atom is 0.255 e. The normalized spacial score (nSPS) is 12.5. The Bertz CT molecular complexity index is 1640. The van der Waals surface area contributed by atoms with Crippen molar-refractivity contribution in [1.82, 2.24) is 4.90 Å². The molecule has 0 aliphatic carbocycles. The van der Waals surface area contributed by atoms with E-state index in [2.05, 4.69) is 118 Å². The Morgan fingerprint density at radius 1 is 0.825 bits per heavy atom. The average Bonchev–Trinajstić information content (AvgIpc) is 3.19. The van der Waals surface area contributed by atoms with Crippen molar-refractivity contribution in [2.75, 3.05) is 30.4 Å². The van der Waals surface area contributed by atoms with Gasteiger partial charge in [0.1, 0.15) is 17.2 Å². The first-order valence-electron chi connectivity index (χ1n) is 21.7. The number of unbranched alkanes of at least 4 members (excludes halogenated alkanes) is 2. The van der Waals surface area contributed by atoms with Gasteiger partial charge >= 0.3 is 0 Å². The summed E-state index contributed by atoms with van der Waals surface area (Å²) in [5.41, 5.74) is 8.58. The predicted octanol–water partition coefficient (Wildman–Crippen LogP) is 14.3. The van der Waals surface area contributed by atoms with Gasteiger partial charge in [-0.05, 0) is 118 Å². The molecule has 3 aromatic carbocycles. The highest BCUT2D eigenvalue weighted by atomic mass is 16.3. The van der Waals surface area contributed by atoms with Crippen LogP contribution >= 0.6 is 0 Å². The van der Waals surface area contributed by atoms with Gasteiger partial charge < -0.3 is 25.3 Å². The Balaban J connectivity index is 0.000000792. The summed E-state index contributed by atoms with van der Waals surface area (Å²) in [6, 6.07) is 16.9. The fraction of sp³-hybridized carbons (Fsp3) is 0.510. The second-order valence-corrected chi connectivity index (χ2v) is 15.7. The first kappa shape index (κ1) is 50.7. The van der Waals surface area contributed by atoms with Crippen LogP contribution in [0.2, 0.25) is 0 Å². The van der Waals surface area contributed by atoms with Crippen molar-refractivity contribution < 1.29 is 15.0 Å². The van der Waals surface area contributed by atoms with Gasteiger partial charge in [-0.3, -0.25) is 4.79 Å². The SMILES string of the molecule is C=CN(/C=C\C(C)CC)c1c(O)cc(NC(=O)c2ccc(Cc3ccc(C)c(/C(C)=C(/C)CC)c3)cc2)cc1O.CCCCCC(C)CC.CCCN(C)CCC. The molecule has 2 atom stereocenters. The van der Waals surface area contributed by atoms with Gasteiger partial charge in [0.15, 0.2) is 0 Å². The molecule has 6 heteroatoms. The van der Waals surface area contributed by atoms with Gasteiger partial charge in [0.05, 0.1) is 0 Å². The van der Waals surface area contributed by atoms with Crippen LogP contribution < -0.4 is 10.2 Å². The molecule has 3 aromatic rings. The van der Waals surface area contributed by atoms with E-state index in [9.17, 15) is 15.0 Å². The van der Waals surface area contributed by atoms with E-state index in [4.69, 9.17) is 0 Å². The number of amides is 1. The number of nitrogens with zero attached hydrogens (tertiary/aromatic N) is 2. The van der Waals surface area contributed by atoms with Gasteiger partial charge in [-0.25, -0.2) is 0 Å². The third kappa shape index (κ3) is 18.7. The van der Waals surface area contributed by atoms with Crippen molar-refractivity contribution in [1.29, 1.82) is 0 Å². The summed E-state index contributed by atoms with van der Waals surface area (Å²) < 4.78 is 0. The number of carbonyl (C=O) groups excluding carboxylic acids is 1. The molecule has 0 fully saturated rings. The van der Waals surface area contributed by atoms with Crippen molar-refractivity contribution in [3.05, 3.63) is 113 Å². The molecule has 3 rings (SSSR count). The summed E-state index contributed by atoms with van der Waals surface area (Å²) in [4.78, 5) is 16.8. The highest BCUT2D eigenvalue weighted by Gasteiger charge is 2.16. The molecule has 316 valence electrons. The number of phenolic OH excluding ortho intramolecular Hbond substituents is 2. The van der Waals surface area contributed by atoms with Gasteiger partial charge in [0.25, 0.3) is 5.91 Å². The first-order chi connectivity index (χ1) is 27.2. The molecule has 0 aliphatic rings. The lowest BCUT2D eigenvalue weighted by Gasteiger charge is -2.20. The number of allylic oxidation sites excluding steroid dienone is 3. The van der Waals surface area contributed by atoms with Crippen molar-refractivity contribution in [3.63, 3.8) is 0 Å². The van der Waals surface area contributed by atoms with E-state index < -0.39 is 0 Å². The van der Waals surface area contributed by atoms with Crippen LogP contribution in [0.25, 0.3) is 5.57 Å². The molecule has 2 unspecified atom stereocenters. The Hall–Kier alpha value is -4.29. The number of carbonyl (C=O) groups is 1. The molecule has 0 heterocycles. The lowest BCUT2D eigenvalue weighted by molar-refractivity contribution is 0.102. The number of aromatic hydroxyl groups is 2. The van der Waals surface area contributed by atoms with Crippen LogP contribution in [-0.4, -0.2) is 41.2 Å². The van der Waals surface area contributed by atoms with Crippen LogP contribution in [0.5, 0.6) is 11.5 Å². The number of aryl methyl sites for hydroxylation is 1. The predicted molar refractivity (Wildman–Crippen MR) is 250 cm³/mol. The largest absolute Gasteiger partial charge is 0.506 e. The Labute approximate surface area is 348 Å². The maximum atomic E-state index is 12.9. The molecular weight excluding hydrogens is 703 g/mol. The van der Waals surface area contributed by atoms with Gasteiger partial charge in [-0.2, -0.15) is 0 Å². The van der Waals surface area contributed by atoms with Gasteiger partial charge in [-0.1, -0.05) is 142 Å². The van der Waals surface area contributed by atoms with Crippen LogP contribution in [0.1, 0.15) is 160 Å². The molecular formula is C51H79N3O3. The van der Waals surface area contributed by atoms with E-state index in [1.165, 1.54) is 104 Å². The Morgan fingerprint density at radius 3 is 1.93 bits per heavy atom. The summed E-state index contributed by atoms with van der Waals surface area (Å²) in [5.74, 6) is 0.620. The van der Waals surface area contributed by atoms with E-state index in [-0.39, 0.29) is 23.1 Å². The number of rotatable bonds is 20. The molecule has 0 saturated carbocycles. The number of anilines is 2. The minimum atomic E-state index is -0.330. The zero-order chi connectivity index (χ0) is 42.9. The minimum Gasteiger partial charge on any atom is -0.506 e. The van der Waals surface area contributed by atoms with Crippen molar-refractivity contribution in [3.8, 4) is 11.5 Å². The second kappa shape index (κ2) is 28.2. The molecule has 0 saturated heterocycles. The number of benzene rings is 3. The monoisotopic (exact) mass is 782 g/mol. The fourth-order valence-electron chi connectivity index (χ4n) is 6.26. The molecule has 0 bridgehead atoms. The summed E-state index contributed by atoms with van der Waals surface area (Å²) >= 11 is 0. The average molecular weight is 782 g/mol. The Morgan fingerprint density at radius 2 is 1.42 bits per heavy atom. The molecule has 0 aromatic heterocycles. The molecule has 57 heavy (non-hydrogen) atoms. The van der Waals surface area contributed by atoms with E-state index >= 15 is 0 Å². The summed E-state index contributed by atoms with van der Waals surface area (Å²) in [6.07, 6.45) is 17.6. The van der Waals surface area contributed by atoms with Crippen LogP contribution in [0.3, 0.4) is 0 Å². The molecule has 6 nitrogen and oxygen atoms in total. The van der Waals surface area contributed by atoms with Crippen LogP contribution in [0.4, 0.5) is 11.4 Å². The quantitative estimate of drug-likeness (QED) is 0.0996. The third-order valence-electron chi connectivity index (χ3n) is 10.7. The van der Waals surface area contributed by atoms with Gasteiger partial charge in [0.2, 0.25) is 0 Å². The number of hydrogen-bond acceptors (Lipinski definition) is 5. The van der Waals surface area contributed by atoms with E-state index in [0.717, 1.165) is 30.7 Å². The molecule has 1 amide bonds. The van der Waals surface area contributed by atoms with E-state index in [0.29, 0.717) is 17.2 Å². The molecule has 0 aliphatic heterocycles. The van der Waals surface area contributed by atoms with Gasteiger partial charge in [0, 0.05) is 35.8 Å². The first-order valence-corrected chi connectivity index (χ1v) is 21.7. The van der Waals surface area contributed by atoms with Crippen LogP contribution in [0, 0.1) is 18.8 Å². The molecule has 3 N–H and O–H groups in total. The number of nitrogens with one attached hydrogen (secondary N) is 1. The highest BCUT2D eigenvalue weighted by Crippen LogP contribution is 2.40. The summed E-state index contributed by atoms with van der Waals surface area (Å²) in [6.45, 7) is 30.4. The fourth-order valence-corrected chi connectivity index (χ4v) is 6.26. The van der Waals surface area contributed by atoms with Crippen molar-refractivity contribution in [2.24, 2.45) is 11.8 Å². The van der Waals surface area contributed by atoms with Crippen LogP contribution in [-0.2, 0) is 6.42 Å². The third-order valence-corrected chi connectivity index (χ3v) is 10.7. The topological polar surface area (TPSA) is 76.0 Å².